The number of furan rings is 1. The molecule has 3 aromatic heterocycles. The molecule has 0 spiro atoms. The number of imidazole rings is 1. The van der Waals surface area contributed by atoms with Crippen LogP contribution in [-0.4, -0.2) is 19.5 Å². The molecule has 5 nitrogen and oxygen atoms in total. The topological polar surface area (TPSA) is 56.7 Å². The SMILES string of the molecule is Cc1ccc2oc(-c3nccn3C(C)Cc3cnccn3)c(C)c2c1. The Hall–Kier alpha value is -2.95. The first kappa shape index (κ1) is 15.6. The van der Waals surface area contributed by atoms with Crippen molar-refractivity contribution in [2.24, 2.45) is 0 Å². The van der Waals surface area contributed by atoms with Gasteiger partial charge < -0.3 is 8.98 Å². The van der Waals surface area contributed by atoms with Crippen molar-refractivity contribution in [3.8, 4) is 11.6 Å². The second kappa shape index (κ2) is 6.16. The summed E-state index contributed by atoms with van der Waals surface area (Å²) >= 11 is 0. The Kier molecular flexibility index (Phi) is 3.84. The van der Waals surface area contributed by atoms with Crippen molar-refractivity contribution < 1.29 is 4.42 Å². The van der Waals surface area contributed by atoms with Crippen molar-refractivity contribution in [2.45, 2.75) is 33.2 Å². The summed E-state index contributed by atoms with van der Waals surface area (Å²) in [5, 5.41) is 1.14. The third-order valence-electron chi connectivity index (χ3n) is 4.56. The molecule has 0 saturated carbocycles. The van der Waals surface area contributed by atoms with Crippen molar-refractivity contribution >= 4 is 11.0 Å². The number of fused-ring (bicyclic) bond motifs is 1. The minimum atomic E-state index is 0.198. The van der Waals surface area contributed by atoms with Crippen LogP contribution >= 0.6 is 0 Å². The van der Waals surface area contributed by atoms with E-state index in [1.54, 1.807) is 12.4 Å². The Balaban J connectivity index is 1.73. The molecule has 3 heterocycles. The molecule has 0 amide bonds. The van der Waals surface area contributed by atoms with E-state index in [4.69, 9.17) is 4.42 Å². The van der Waals surface area contributed by atoms with Gasteiger partial charge in [0.25, 0.3) is 0 Å². The summed E-state index contributed by atoms with van der Waals surface area (Å²) in [5.74, 6) is 1.68. The lowest BCUT2D eigenvalue weighted by atomic mass is 10.1. The van der Waals surface area contributed by atoms with Gasteiger partial charge in [-0.05, 0) is 32.9 Å². The van der Waals surface area contributed by atoms with Crippen LogP contribution in [0.4, 0.5) is 0 Å². The number of hydrogen-bond acceptors (Lipinski definition) is 4. The zero-order chi connectivity index (χ0) is 17.4. The van der Waals surface area contributed by atoms with Gasteiger partial charge in [-0.3, -0.25) is 9.97 Å². The highest BCUT2D eigenvalue weighted by atomic mass is 16.3. The Morgan fingerprint density at radius 1 is 1.12 bits per heavy atom. The summed E-state index contributed by atoms with van der Waals surface area (Å²) in [5.41, 5.74) is 4.21. The normalized spacial score (nSPS) is 12.6. The Morgan fingerprint density at radius 2 is 2.00 bits per heavy atom. The van der Waals surface area contributed by atoms with Crippen molar-refractivity contribution in [2.75, 3.05) is 0 Å². The predicted molar refractivity (Wildman–Crippen MR) is 97.4 cm³/mol. The first-order valence-corrected chi connectivity index (χ1v) is 8.41. The molecule has 0 bridgehead atoms. The summed E-state index contributed by atoms with van der Waals surface area (Å²) in [6.07, 6.45) is 9.83. The first-order chi connectivity index (χ1) is 12.1. The number of aromatic nitrogens is 4. The van der Waals surface area contributed by atoms with Crippen LogP contribution in [0.1, 0.15) is 29.8 Å². The molecule has 0 N–H and O–H groups in total. The molecule has 0 aliphatic rings. The maximum atomic E-state index is 6.13. The van der Waals surface area contributed by atoms with Crippen molar-refractivity contribution in [1.82, 2.24) is 19.5 Å². The third-order valence-corrected chi connectivity index (χ3v) is 4.56. The molecule has 0 aliphatic carbocycles. The average molecular weight is 332 g/mol. The quantitative estimate of drug-likeness (QED) is 0.552. The van der Waals surface area contributed by atoms with Gasteiger partial charge in [0, 0.05) is 54.4 Å². The number of nitrogens with zero attached hydrogens (tertiary/aromatic N) is 4. The van der Waals surface area contributed by atoms with E-state index in [1.807, 2.05) is 24.7 Å². The van der Waals surface area contributed by atoms with E-state index in [-0.39, 0.29) is 6.04 Å². The van der Waals surface area contributed by atoms with Gasteiger partial charge in [0.15, 0.2) is 11.6 Å². The van der Waals surface area contributed by atoms with Crippen molar-refractivity contribution in [3.05, 3.63) is 66.0 Å². The third kappa shape index (κ3) is 2.82. The lowest BCUT2D eigenvalue weighted by molar-refractivity contribution is 0.529. The second-order valence-corrected chi connectivity index (χ2v) is 6.46. The van der Waals surface area contributed by atoms with Gasteiger partial charge in [0.05, 0.1) is 5.69 Å². The van der Waals surface area contributed by atoms with Gasteiger partial charge in [-0.2, -0.15) is 0 Å². The molecule has 0 radical (unpaired) electrons. The highest BCUT2D eigenvalue weighted by Gasteiger charge is 2.19. The van der Waals surface area contributed by atoms with Crippen LogP contribution in [0.5, 0.6) is 0 Å². The molecule has 1 atom stereocenters. The van der Waals surface area contributed by atoms with Gasteiger partial charge in [-0.1, -0.05) is 11.6 Å². The molecule has 4 aromatic rings. The van der Waals surface area contributed by atoms with Crippen LogP contribution in [0.2, 0.25) is 0 Å². The standard InChI is InChI=1S/C20H20N4O/c1-13-4-5-18-17(10-13)15(3)19(25-18)20-23-8-9-24(20)14(2)11-16-12-21-6-7-22-16/h4-10,12,14H,11H2,1-3H3. The number of aryl methyl sites for hydroxylation is 2. The van der Waals surface area contributed by atoms with Gasteiger partial charge in [0.2, 0.25) is 0 Å². The second-order valence-electron chi connectivity index (χ2n) is 6.46. The molecule has 0 saturated heterocycles. The fourth-order valence-electron chi connectivity index (χ4n) is 3.23. The minimum absolute atomic E-state index is 0.198. The van der Waals surface area contributed by atoms with Crippen LogP contribution in [0.15, 0.2) is 53.6 Å². The highest BCUT2D eigenvalue weighted by Crippen LogP contribution is 2.34. The van der Waals surface area contributed by atoms with E-state index in [0.29, 0.717) is 0 Å². The smallest absolute Gasteiger partial charge is 0.176 e. The number of hydrogen-bond donors (Lipinski definition) is 0. The molecule has 0 fully saturated rings. The molecular formula is C20H20N4O. The van der Waals surface area contributed by atoms with Gasteiger partial charge in [-0.25, -0.2) is 4.98 Å². The van der Waals surface area contributed by atoms with Gasteiger partial charge in [0.1, 0.15) is 5.58 Å². The minimum Gasteiger partial charge on any atom is -0.453 e. The van der Waals surface area contributed by atoms with Crippen molar-refractivity contribution in [1.29, 1.82) is 0 Å². The summed E-state index contributed by atoms with van der Waals surface area (Å²) in [4.78, 5) is 13.1. The monoisotopic (exact) mass is 332 g/mol. The van der Waals surface area contributed by atoms with Crippen LogP contribution < -0.4 is 0 Å². The fraction of sp³-hybridized carbons (Fsp3) is 0.250. The number of benzene rings is 1. The summed E-state index contributed by atoms with van der Waals surface area (Å²) < 4.78 is 8.27. The van der Waals surface area contributed by atoms with Crippen LogP contribution in [-0.2, 0) is 6.42 Å². The zero-order valence-electron chi connectivity index (χ0n) is 14.6. The molecule has 1 aromatic carbocycles. The summed E-state index contributed by atoms with van der Waals surface area (Å²) in [6, 6.07) is 6.45. The number of rotatable bonds is 4. The first-order valence-electron chi connectivity index (χ1n) is 8.41. The van der Waals surface area contributed by atoms with E-state index >= 15 is 0 Å². The maximum absolute atomic E-state index is 6.13. The van der Waals surface area contributed by atoms with E-state index in [1.165, 1.54) is 5.56 Å². The summed E-state index contributed by atoms with van der Waals surface area (Å²) in [6.45, 7) is 6.34. The van der Waals surface area contributed by atoms with Crippen LogP contribution in [0, 0.1) is 13.8 Å². The summed E-state index contributed by atoms with van der Waals surface area (Å²) in [7, 11) is 0. The van der Waals surface area contributed by atoms with E-state index in [9.17, 15) is 0 Å². The van der Waals surface area contributed by atoms with Crippen LogP contribution in [0.3, 0.4) is 0 Å². The van der Waals surface area contributed by atoms with Crippen molar-refractivity contribution in [3.63, 3.8) is 0 Å². The largest absolute Gasteiger partial charge is 0.453 e. The molecule has 25 heavy (non-hydrogen) atoms. The molecular weight excluding hydrogens is 312 g/mol. The molecule has 5 heteroatoms. The zero-order valence-corrected chi connectivity index (χ0v) is 14.6. The predicted octanol–water partition coefficient (Wildman–Crippen LogP) is 4.51. The molecule has 126 valence electrons. The Bertz CT molecular complexity index is 1020. The Morgan fingerprint density at radius 3 is 2.80 bits per heavy atom. The molecule has 1 unspecified atom stereocenters. The highest BCUT2D eigenvalue weighted by molar-refractivity contribution is 5.87. The lowest BCUT2D eigenvalue weighted by Gasteiger charge is -2.15. The average Bonchev–Trinajstić information content (AvgIpc) is 3.21. The maximum Gasteiger partial charge on any atom is 0.176 e. The lowest BCUT2D eigenvalue weighted by Crippen LogP contribution is -2.10. The van der Waals surface area contributed by atoms with E-state index in [2.05, 4.69) is 52.4 Å². The van der Waals surface area contributed by atoms with E-state index in [0.717, 1.165) is 40.2 Å². The van der Waals surface area contributed by atoms with Gasteiger partial charge >= 0.3 is 0 Å². The molecule has 4 rings (SSSR count). The van der Waals surface area contributed by atoms with E-state index < -0.39 is 0 Å². The Labute approximate surface area is 146 Å². The van der Waals surface area contributed by atoms with Crippen LogP contribution in [0.25, 0.3) is 22.6 Å². The molecule has 0 aliphatic heterocycles. The van der Waals surface area contributed by atoms with Gasteiger partial charge in [-0.15, -0.1) is 0 Å². The fourth-order valence-corrected chi connectivity index (χ4v) is 3.23.